The van der Waals surface area contributed by atoms with Gasteiger partial charge < -0.3 is 10.2 Å². The summed E-state index contributed by atoms with van der Waals surface area (Å²) in [4.78, 5) is 26.8. The summed E-state index contributed by atoms with van der Waals surface area (Å²) in [5, 5.41) is 2.85. The third-order valence-corrected chi connectivity index (χ3v) is 4.07. The number of nitrogens with zero attached hydrogens (tertiary/aromatic N) is 1. The molecule has 0 radical (unpaired) electrons. The minimum Gasteiger partial charge on any atom is -0.325 e. The van der Waals surface area contributed by atoms with Crippen LogP contribution in [0.2, 0.25) is 0 Å². The van der Waals surface area contributed by atoms with E-state index in [1.54, 1.807) is 11.9 Å². The fourth-order valence-electron chi connectivity index (χ4n) is 2.53. The summed E-state index contributed by atoms with van der Waals surface area (Å²) < 4.78 is 0. The highest BCUT2D eigenvalue weighted by Gasteiger charge is 2.57. The number of amides is 2. The number of carbonyl (C=O) groups excluding carboxylic acids is 2. The van der Waals surface area contributed by atoms with Gasteiger partial charge >= 0.3 is 0 Å². The summed E-state index contributed by atoms with van der Waals surface area (Å²) in [6, 6.07) is 18.6. The fraction of sp³-hybridized carbons (Fsp3) is 0.222. The first-order valence-electron chi connectivity index (χ1n) is 7.33. The third-order valence-electron chi connectivity index (χ3n) is 4.07. The van der Waals surface area contributed by atoms with E-state index >= 15 is 0 Å². The second kappa shape index (κ2) is 5.64. The van der Waals surface area contributed by atoms with Crippen LogP contribution in [0.5, 0.6) is 0 Å². The van der Waals surface area contributed by atoms with Crippen molar-refractivity contribution in [2.45, 2.75) is 12.8 Å². The van der Waals surface area contributed by atoms with Gasteiger partial charge in [0, 0.05) is 18.4 Å². The van der Waals surface area contributed by atoms with Crippen LogP contribution in [-0.2, 0) is 9.59 Å². The Hall–Kier alpha value is -2.62. The average Bonchev–Trinajstić information content (AvgIpc) is 3.37. The quantitative estimate of drug-likeness (QED) is 0.881. The maximum absolute atomic E-state index is 12.7. The minimum absolute atomic E-state index is 0.146. The highest BCUT2D eigenvalue weighted by atomic mass is 16.2. The molecule has 1 N–H and O–H groups in total. The van der Waals surface area contributed by atoms with Crippen LogP contribution >= 0.6 is 0 Å². The summed E-state index contributed by atoms with van der Waals surface area (Å²) in [6.07, 6.45) is 1.20. The van der Waals surface area contributed by atoms with Crippen molar-refractivity contribution in [1.82, 2.24) is 0 Å². The smallest absolute Gasteiger partial charge is 0.242 e. The van der Waals surface area contributed by atoms with Gasteiger partial charge in [-0.15, -0.1) is 0 Å². The molecule has 0 unspecified atom stereocenters. The minimum atomic E-state index is -0.916. The summed E-state index contributed by atoms with van der Waals surface area (Å²) >= 11 is 0. The summed E-state index contributed by atoms with van der Waals surface area (Å²) in [5.74, 6) is -0.362. The summed E-state index contributed by atoms with van der Waals surface area (Å²) in [7, 11) is 1.72. The zero-order valence-corrected chi connectivity index (χ0v) is 12.5. The Bertz CT molecular complexity index is 679. The number of nitrogens with one attached hydrogen (secondary N) is 1. The number of carbonyl (C=O) groups is 2. The fourth-order valence-corrected chi connectivity index (χ4v) is 2.53. The molecular formula is C18H18N2O2. The molecule has 2 aromatic rings. The average molecular weight is 294 g/mol. The van der Waals surface area contributed by atoms with Crippen LogP contribution in [0.1, 0.15) is 12.8 Å². The van der Waals surface area contributed by atoms with Crippen LogP contribution in [0, 0.1) is 5.41 Å². The van der Waals surface area contributed by atoms with E-state index < -0.39 is 5.41 Å². The maximum Gasteiger partial charge on any atom is 0.242 e. The highest BCUT2D eigenvalue weighted by Crippen LogP contribution is 2.48. The van der Waals surface area contributed by atoms with Crippen molar-refractivity contribution >= 4 is 23.2 Å². The van der Waals surface area contributed by atoms with E-state index in [1.807, 2.05) is 60.7 Å². The van der Waals surface area contributed by atoms with Gasteiger partial charge in [0.1, 0.15) is 5.41 Å². The Morgan fingerprint density at radius 2 is 1.50 bits per heavy atom. The van der Waals surface area contributed by atoms with Crippen LogP contribution in [0.25, 0.3) is 0 Å². The molecule has 0 atom stereocenters. The van der Waals surface area contributed by atoms with E-state index in [-0.39, 0.29) is 11.8 Å². The predicted octanol–water partition coefficient (Wildman–Crippen LogP) is 3.07. The Morgan fingerprint density at radius 1 is 0.955 bits per heavy atom. The van der Waals surface area contributed by atoms with Crippen molar-refractivity contribution in [3.63, 3.8) is 0 Å². The van der Waals surface area contributed by atoms with Crippen molar-refractivity contribution in [3.05, 3.63) is 60.7 Å². The Labute approximate surface area is 129 Å². The van der Waals surface area contributed by atoms with Crippen molar-refractivity contribution in [1.29, 1.82) is 0 Å². The lowest BCUT2D eigenvalue weighted by Crippen LogP contribution is -2.41. The van der Waals surface area contributed by atoms with Gasteiger partial charge in [-0.2, -0.15) is 0 Å². The number of benzene rings is 2. The van der Waals surface area contributed by atoms with Crippen molar-refractivity contribution in [3.8, 4) is 0 Å². The van der Waals surface area contributed by atoms with Crippen LogP contribution in [0.3, 0.4) is 0 Å². The molecule has 2 amide bonds. The number of para-hydroxylation sites is 2. The molecule has 0 bridgehead atoms. The van der Waals surface area contributed by atoms with Gasteiger partial charge in [0.25, 0.3) is 0 Å². The zero-order chi connectivity index (χ0) is 15.6. The van der Waals surface area contributed by atoms with E-state index in [1.165, 1.54) is 0 Å². The zero-order valence-electron chi connectivity index (χ0n) is 12.5. The summed E-state index contributed by atoms with van der Waals surface area (Å²) in [5.41, 5.74) is 0.598. The van der Waals surface area contributed by atoms with Gasteiger partial charge in [-0.25, -0.2) is 0 Å². The molecule has 4 heteroatoms. The molecule has 0 heterocycles. The Kier molecular flexibility index (Phi) is 3.67. The maximum atomic E-state index is 12.7. The van der Waals surface area contributed by atoms with Gasteiger partial charge in [-0.1, -0.05) is 36.4 Å². The molecule has 0 saturated heterocycles. The Balaban J connectivity index is 1.75. The van der Waals surface area contributed by atoms with E-state index in [0.29, 0.717) is 18.5 Å². The predicted molar refractivity (Wildman–Crippen MR) is 86.6 cm³/mol. The number of anilines is 2. The highest BCUT2D eigenvalue weighted by molar-refractivity contribution is 6.17. The molecule has 1 aliphatic carbocycles. The molecule has 0 aliphatic heterocycles. The third kappa shape index (κ3) is 2.60. The number of rotatable bonds is 4. The standard InChI is InChI=1S/C18H18N2O2/c1-20(15-10-6-3-7-11-15)17(22)18(12-13-18)16(21)19-14-8-4-2-5-9-14/h2-11H,12-13H2,1H3,(H,19,21). The lowest BCUT2D eigenvalue weighted by atomic mass is 10.0. The van der Waals surface area contributed by atoms with E-state index in [2.05, 4.69) is 5.32 Å². The number of hydrogen-bond acceptors (Lipinski definition) is 2. The van der Waals surface area contributed by atoms with Gasteiger partial charge in [-0.05, 0) is 37.1 Å². The first-order valence-corrected chi connectivity index (χ1v) is 7.33. The monoisotopic (exact) mass is 294 g/mol. The van der Waals surface area contributed by atoms with Crippen molar-refractivity contribution in [2.75, 3.05) is 17.3 Å². The van der Waals surface area contributed by atoms with Gasteiger partial charge in [0.15, 0.2) is 0 Å². The molecule has 1 aliphatic rings. The number of hydrogen-bond donors (Lipinski definition) is 1. The van der Waals surface area contributed by atoms with Crippen LogP contribution in [0.15, 0.2) is 60.7 Å². The Morgan fingerprint density at radius 3 is 2.05 bits per heavy atom. The molecule has 112 valence electrons. The molecule has 1 fully saturated rings. The van der Waals surface area contributed by atoms with Crippen molar-refractivity contribution < 1.29 is 9.59 Å². The molecular weight excluding hydrogens is 276 g/mol. The van der Waals surface area contributed by atoms with Crippen LogP contribution in [-0.4, -0.2) is 18.9 Å². The SMILES string of the molecule is CN(C(=O)C1(C(=O)Nc2ccccc2)CC1)c1ccccc1. The van der Waals surface area contributed by atoms with Gasteiger partial charge in [0.05, 0.1) is 0 Å². The van der Waals surface area contributed by atoms with Gasteiger partial charge in [0.2, 0.25) is 11.8 Å². The molecule has 0 aromatic heterocycles. The van der Waals surface area contributed by atoms with E-state index in [0.717, 1.165) is 5.69 Å². The van der Waals surface area contributed by atoms with Gasteiger partial charge in [-0.3, -0.25) is 9.59 Å². The molecule has 3 rings (SSSR count). The van der Waals surface area contributed by atoms with Crippen LogP contribution in [0.4, 0.5) is 11.4 Å². The normalized spacial score (nSPS) is 15.0. The molecule has 4 nitrogen and oxygen atoms in total. The van der Waals surface area contributed by atoms with Crippen molar-refractivity contribution in [2.24, 2.45) is 5.41 Å². The molecule has 22 heavy (non-hydrogen) atoms. The lowest BCUT2D eigenvalue weighted by Gasteiger charge is -2.23. The second-order valence-electron chi connectivity index (χ2n) is 5.60. The molecule has 0 spiro atoms. The first kappa shape index (κ1) is 14.3. The second-order valence-corrected chi connectivity index (χ2v) is 5.60. The molecule has 1 saturated carbocycles. The van der Waals surface area contributed by atoms with E-state index in [9.17, 15) is 9.59 Å². The van der Waals surface area contributed by atoms with E-state index in [4.69, 9.17) is 0 Å². The molecule has 2 aromatic carbocycles. The first-order chi connectivity index (χ1) is 10.6. The lowest BCUT2D eigenvalue weighted by molar-refractivity contribution is -0.132. The summed E-state index contributed by atoms with van der Waals surface area (Å²) in [6.45, 7) is 0. The van der Waals surface area contributed by atoms with Crippen LogP contribution < -0.4 is 10.2 Å². The topological polar surface area (TPSA) is 49.4 Å². The largest absolute Gasteiger partial charge is 0.325 e.